The quantitative estimate of drug-likeness (QED) is 0.872. The van der Waals surface area contributed by atoms with Crippen LogP contribution in [0, 0.1) is 0 Å². The molecule has 0 bridgehead atoms. The Morgan fingerprint density at radius 2 is 2.24 bits per heavy atom. The predicted molar refractivity (Wildman–Crippen MR) is 69.7 cm³/mol. The van der Waals surface area contributed by atoms with Crippen molar-refractivity contribution in [2.75, 3.05) is 12.9 Å². The van der Waals surface area contributed by atoms with Gasteiger partial charge in [-0.05, 0) is 23.8 Å². The van der Waals surface area contributed by atoms with Gasteiger partial charge in [0.2, 0.25) is 0 Å². The van der Waals surface area contributed by atoms with E-state index in [9.17, 15) is 9.00 Å². The number of carboxylic acid groups (broad SMARTS) is 1. The molecule has 4 nitrogen and oxygen atoms in total. The van der Waals surface area contributed by atoms with Crippen molar-refractivity contribution in [3.8, 4) is 5.75 Å². The Kier molecular flexibility index (Phi) is 5.64. The number of rotatable bonds is 6. The molecule has 0 amide bonds. The maximum Gasteiger partial charge on any atom is 0.304 e. The number of aliphatic carboxylic acids is 1. The third kappa shape index (κ3) is 4.87. The number of methoxy groups -OCH3 is 1. The molecule has 0 fully saturated rings. The molecule has 0 saturated heterocycles. The van der Waals surface area contributed by atoms with Crippen molar-refractivity contribution in [2.45, 2.75) is 12.2 Å². The molecule has 1 aromatic rings. The molecule has 0 aliphatic rings. The fraction of sp³-hybridized carbons (Fsp3) is 0.364. The zero-order valence-electron chi connectivity index (χ0n) is 9.31. The first kappa shape index (κ1) is 14.2. The molecule has 6 heteroatoms. The molecular formula is C11H13BrO4S. The van der Waals surface area contributed by atoms with E-state index in [-0.39, 0.29) is 12.2 Å². The fourth-order valence-electron chi connectivity index (χ4n) is 1.24. The SMILES string of the molecule is COc1ccc(Br)c(CS(=O)CCC(=O)O)c1. The lowest BCUT2D eigenvalue weighted by atomic mass is 10.2. The number of benzene rings is 1. The van der Waals surface area contributed by atoms with Gasteiger partial charge in [0, 0.05) is 26.8 Å². The van der Waals surface area contributed by atoms with Gasteiger partial charge < -0.3 is 9.84 Å². The van der Waals surface area contributed by atoms with Gasteiger partial charge in [0.05, 0.1) is 13.5 Å². The van der Waals surface area contributed by atoms with Gasteiger partial charge in [0.15, 0.2) is 0 Å². The van der Waals surface area contributed by atoms with Crippen molar-refractivity contribution < 1.29 is 18.8 Å². The molecule has 0 radical (unpaired) electrons. The van der Waals surface area contributed by atoms with Crippen molar-refractivity contribution in [1.29, 1.82) is 0 Å². The van der Waals surface area contributed by atoms with E-state index in [2.05, 4.69) is 15.9 Å². The Bertz CT molecular complexity index is 433. The average molecular weight is 321 g/mol. The molecule has 1 unspecified atom stereocenters. The van der Waals surface area contributed by atoms with Crippen LogP contribution in [0.5, 0.6) is 5.75 Å². The summed E-state index contributed by atoms with van der Waals surface area (Å²) in [6.45, 7) is 0. The minimum Gasteiger partial charge on any atom is -0.497 e. The highest BCUT2D eigenvalue weighted by Gasteiger charge is 2.08. The topological polar surface area (TPSA) is 63.6 Å². The molecule has 0 aliphatic carbocycles. The third-order valence-corrected chi connectivity index (χ3v) is 4.18. The molecule has 94 valence electrons. The third-order valence-electron chi connectivity index (χ3n) is 2.11. The van der Waals surface area contributed by atoms with Gasteiger partial charge in [0.25, 0.3) is 0 Å². The number of carbonyl (C=O) groups is 1. The molecule has 1 N–H and O–H groups in total. The van der Waals surface area contributed by atoms with E-state index >= 15 is 0 Å². The lowest BCUT2D eigenvalue weighted by Crippen LogP contribution is -2.06. The van der Waals surface area contributed by atoms with E-state index in [1.165, 1.54) is 0 Å². The lowest BCUT2D eigenvalue weighted by Gasteiger charge is -2.07. The van der Waals surface area contributed by atoms with E-state index in [1.54, 1.807) is 19.2 Å². The predicted octanol–water partition coefficient (Wildman–Crippen LogP) is 2.18. The Labute approximate surface area is 111 Å². The van der Waals surface area contributed by atoms with Crippen LogP contribution in [0.1, 0.15) is 12.0 Å². The Morgan fingerprint density at radius 1 is 1.53 bits per heavy atom. The first-order valence-corrected chi connectivity index (χ1v) is 7.20. The summed E-state index contributed by atoms with van der Waals surface area (Å²) in [5, 5.41) is 8.50. The summed E-state index contributed by atoms with van der Waals surface area (Å²) >= 11 is 3.36. The molecule has 1 rings (SSSR count). The van der Waals surface area contributed by atoms with Gasteiger partial charge in [-0.25, -0.2) is 0 Å². The van der Waals surface area contributed by atoms with Crippen LogP contribution in [0.25, 0.3) is 0 Å². The summed E-state index contributed by atoms with van der Waals surface area (Å²) in [6.07, 6.45) is -0.0752. The minimum absolute atomic E-state index is 0.0752. The summed E-state index contributed by atoms with van der Waals surface area (Å²) in [5.74, 6) is 0.255. The zero-order valence-corrected chi connectivity index (χ0v) is 11.7. The average Bonchev–Trinajstić information content (AvgIpc) is 2.29. The highest BCUT2D eigenvalue weighted by atomic mass is 79.9. The number of hydrogen-bond acceptors (Lipinski definition) is 3. The summed E-state index contributed by atoms with van der Waals surface area (Å²) in [4.78, 5) is 10.4. The van der Waals surface area contributed by atoms with Crippen molar-refractivity contribution in [1.82, 2.24) is 0 Å². The van der Waals surface area contributed by atoms with Gasteiger partial charge in [-0.1, -0.05) is 15.9 Å². The first-order chi connectivity index (χ1) is 8.02. The molecule has 17 heavy (non-hydrogen) atoms. The van der Waals surface area contributed by atoms with Crippen LogP contribution in [-0.2, 0) is 21.3 Å². The largest absolute Gasteiger partial charge is 0.497 e. The summed E-state index contributed by atoms with van der Waals surface area (Å²) in [5.41, 5.74) is 0.855. The minimum atomic E-state index is -1.18. The van der Waals surface area contributed by atoms with Crippen molar-refractivity contribution in [3.63, 3.8) is 0 Å². The van der Waals surface area contributed by atoms with Crippen LogP contribution in [-0.4, -0.2) is 28.1 Å². The van der Waals surface area contributed by atoms with Crippen LogP contribution in [0.2, 0.25) is 0 Å². The number of halogens is 1. The summed E-state index contributed by atoms with van der Waals surface area (Å²) < 4.78 is 17.6. The second kappa shape index (κ2) is 6.76. The molecular weight excluding hydrogens is 308 g/mol. The van der Waals surface area contributed by atoms with E-state index in [0.717, 1.165) is 10.0 Å². The highest BCUT2D eigenvalue weighted by molar-refractivity contribution is 9.10. The molecule has 0 spiro atoms. The van der Waals surface area contributed by atoms with Gasteiger partial charge in [-0.15, -0.1) is 0 Å². The maximum atomic E-state index is 11.7. The van der Waals surface area contributed by atoms with Gasteiger partial charge in [-0.3, -0.25) is 9.00 Å². The van der Waals surface area contributed by atoms with Crippen molar-refractivity contribution in [2.24, 2.45) is 0 Å². The summed E-state index contributed by atoms with van der Waals surface area (Å²) in [6, 6.07) is 5.42. The maximum absolute atomic E-state index is 11.7. The Hall–Kier alpha value is -0.880. The molecule has 0 heterocycles. The molecule has 0 aromatic heterocycles. The van der Waals surface area contributed by atoms with Crippen molar-refractivity contribution >= 4 is 32.7 Å². The first-order valence-electron chi connectivity index (χ1n) is 4.92. The number of hydrogen-bond donors (Lipinski definition) is 1. The van der Waals surface area contributed by atoms with Crippen LogP contribution in [0.4, 0.5) is 0 Å². The molecule has 0 saturated carbocycles. The van der Waals surface area contributed by atoms with E-state index in [1.807, 2.05) is 6.07 Å². The van der Waals surface area contributed by atoms with E-state index in [0.29, 0.717) is 11.5 Å². The monoisotopic (exact) mass is 320 g/mol. The Balaban J connectivity index is 2.67. The summed E-state index contributed by atoms with van der Waals surface area (Å²) in [7, 11) is 0.385. The van der Waals surface area contributed by atoms with Gasteiger partial charge in [0.1, 0.15) is 5.75 Å². The smallest absolute Gasteiger partial charge is 0.304 e. The van der Waals surface area contributed by atoms with Crippen LogP contribution < -0.4 is 4.74 Å². The van der Waals surface area contributed by atoms with Crippen LogP contribution in [0.15, 0.2) is 22.7 Å². The Morgan fingerprint density at radius 3 is 2.82 bits per heavy atom. The van der Waals surface area contributed by atoms with Gasteiger partial charge >= 0.3 is 5.97 Å². The van der Waals surface area contributed by atoms with E-state index in [4.69, 9.17) is 9.84 Å². The van der Waals surface area contributed by atoms with Gasteiger partial charge in [-0.2, -0.15) is 0 Å². The standard InChI is InChI=1S/C11H13BrO4S/c1-16-9-2-3-10(12)8(6-9)7-17(15)5-4-11(13)14/h2-3,6H,4-5,7H2,1H3,(H,13,14). The molecule has 1 aromatic carbocycles. The second-order valence-corrected chi connectivity index (χ2v) is 5.82. The van der Waals surface area contributed by atoms with E-state index < -0.39 is 16.8 Å². The van der Waals surface area contributed by atoms with Crippen LogP contribution in [0.3, 0.4) is 0 Å². The number of ether oxygens (including phenoxy) is 1. The fourth-order valence-corrected chi connectivity index (χ4v) is 2.94. The van der Waals surface area contributed by atoms with Crippen molar-refractivity contribution in [3.05, 3.63) is 28.2 Å². The lowest BCUT2D eigenvalue weighted by molar-refractivity contribution is -0.136. The molecule has 0 aliphatic heterocycles. The second-order valence-electron chi connectivity index (χ2n) is 3.39. The molecule has 1 atom stereocenters. The highest BCUT2D eigenvalue weighted by Crippen LogP contribution is 2.23. The number of carboxylic acids is 1. The normalized spacial score (nSPS) is 12.1. The van der Waals surface area contributed by atoms with Crippen LogP contribution >= 0.6 is 15.9 Å². The zero-order chi connectivity index (χ0) is 12.8.